The van der Waals surface area contributed by atoms with Gasteiger partial charge in [0.1, 0.15) is 12.0 Å². The highest BCUT2D eigenvalue weighted by molar-refractivity contribution is 5.51. The Kier molecular flexibility index (Phi) is 3.79. The number of ether oxygens (including phenoxy) is 1. The van der Waals surface area contributed by atoms with Crippen molar-refractivity contribution in [3.8, 4) is 17.4 Å². The molecule has 1 aliphatic carbocycles. The van der Waals surface area contributed by atoms with Crippen LogP contribution >= 0.6 is 0 Å². The zero-order valence-corrected chi connectivity index (χ0v) is 12.3. The molecular formula is C15H19N5O. The normalized spacial score (nSPS) is 17.4. The van der Waals surface area contributed by atoms with E-state index in [1.807, 2.05) is 6.92 Å². The van der Waals surface area contributed by atoms with Crippen molar-refractivity contribution < 1.29 is 4.74 Å². The minimum Gasteiger partial charge on any atom is -0.481 e. The molecule has 6 nitrogen and oxygen atoms in total. The summed E-state index contributed by atoms with van der Waals surface area (Å²) in [6.45, 7) is 2.76. The van der Waals surface area contributed by atoms with Crippen LogP contribution in [0.5, 0.6) is 5.88 Å². The number of nitrogens with zero attached hydrogens (tertiary/aromatic N) is 4. The summed E-state index contributed by atoms with van der Waals surface area (Å²) in [5, 5.41) is 0. The van der Waals surface area contributed by atoms with E-state index in [1.54, 1.807) is 13.2 Å². The Balaban J connectivity index is 2.00. The Morgan fingerprint density at radius 1 is 1.33 bits per heavy atom. The molecule has 2 N–H and O–H groups in total. The van der Waals surface area contributed by atoms with Gasteiger partial charge >= 0.3 is 0 Å². The average molecular weight is 285 g/mol. The number of aromatic nitrogens is 4. The van der Waals surface area contributed by atoms with Crippen LogP contribution in [0, 0.1) is 12.8 Å². The standard InChI is InChI=1S/C15H19N5O/c1-9-11-5-10(7-16)3-4-12(11)20-15(19-9)13-6-14(21-2)18-8-17-13/h6,8,10H,3-5,7,16H2,1-2H3. The van der Waals surface area contributed by atoms with E-state index in [-0.39, 0.29) is 0 Å². The van der Waals surface area contributed by atoms with Gasteiger partial charge in [-0.25, -0.2) is 19.9 Å². The fraction of sp³-hybridized carbons (Fsp3) is 0.467. The largest absolute Gasteiger partial charge is 0.481 e. The summed E-state index contributed by atoms with van der Waals surface area (Å²) in [5.74, 6) is 1.70. The highest BCUT2D eigenvalue weighted by Gasteiger charge is 2.22. The Morgan fingerprint density at radius 2 is 2.19 bits per heavy atom. The third-order valence-electron chi connectivity index (χ3n) is 4.00. The lowest BCUT2D eigenvalue weighted by Crippen LogP contribution is -2.24. The van der Waals surface area contributed by atoms with E-state index in [0.717, 1.165) is 37.2 Å². The molecule has 0 radical (unpaired) electrons. The van der Waals surface area contributed by atoms with Crippen molar-refractivity contribution in [2.24, 2.45) is 11.7 Å². The van der Waals surface area contributed by atoms with Gasteiger partial charge in [0.2, 0.25) is 5.88 Å². The van der Waals surface area contributed by atoms with E-state index in [0.29, 0.717) is 23.3 Å². The van der Waals surface area contributed by atoms with Gasteiger partial charge < -0.3 is 10.5 Å². The Morgan fingerprint density at radius 3 is 2.95 bits per heavy atom. The first kappa shape index (κ1) is 13.9. The number of fused-ring (bicyclic) bond motifs is 1. The minimum absolute atomic E-state index is 0.516. The maximum atomic E-state index is 5.79. The highest BCUT2D eigenvalue weighted by Crippen LogP contribution is 2.27. The third kappa shape index (κ3) is 2.71. The van der Waals surface area contributed by atoms with Crippen LogP contribution in [-0.2, 0) is 12.8 Å². The number of hydrogen-bond acceptors (Lipinski definition) is 6. The molecule has 0 saturated heterocycles. The SMILES string of the molecule is COc1cc(-c2nc(C)c3c(n2)CCC(CN)C3)ncn1. The summed E-state index contributed by atoms with van der Waals surface area (Å²) in [7, 11) is 1.58. The van der Waals surface area contributed by atoms with Crippen molar-refractivity contribution >= 4 is 0 Å². The van der Waals surface area contributed by atoms with Crippen molar-refractivity contribution in [2.75, 3.05) is 13.7 Å². The molecule has 21 heavy (non-hydrogen) atoms. The van der Waals surface area contributed by atoms with E-state index in [1.165, 1.54) is 11.9 Å². The second-order valence-corrected chi connectivity index (χ2v) is 5.35. The monoisotopic (exact) mass is 285 g/mol. The molecule has 0 aliphatic heterocycles. The van der Waals surface area contributed by atoms with Crippen LogP contribution < -0.4 is 10.5 Å². The van der Waals surface area contributed by atoms with Gasteiger partial charge in [-0.2, -0.15) is 0 Å². The molecule has 2 heterocycles. The number of aryl methyl sites for hydroxylation is 2. The summed E-state index contributed by atoms with van der Waals surface area (Å²) in [4.78, 5) is 17.5. The van der Waals surface area contributed by atoms with Crippen molar-refractivity contribution in [1.29, 1.82) is 0 Å². The van der Waals surface area contributed by atoms with E-state index in [9.17, 15) is 0 Å². The van der Waals surface area contributed by atoms with Gasteiger partial charge in [0.05, 0.1) is 7.11 Å². The van der Waals surface area contributed by atoms with Crippen LogP contribution in [0.4, 0.5) is 0 Å². The second-order valence-electron chi connectivity index (χ2n) is 5.35. The summed E-state index contributed by atoms with van der Waals surface area (Å²) >= 11 is 0. The summed E-state index contributed by atoms with van der Waals surface area (Å²) in [6.07, 6.45) is 4.49. The molecule has 0 spiro atoms. The van der Waals surface area contributed by atoms with Gasteiger partial charge in [0.25, 0.3) is 0 Å². The number of nitrogens with two attached hydrogens (primary N) is 1. The van der Waals surface area contributed by atoms with Crippen LogP contribution in [0.25, 0.3) is 11.5 Å². The molecule has 6 heteroatoms. The van der Waals surface area contributed by atoms with Gasteiger partial charge in [-0.15, -0.1) is 0 Å². The summed E-state index contributed by atoms with van der Waals surface area (Å²) in [6, 6.07) is 1.76. The molecule has 0 aromatic carbocycles. The summed E-state index contributed by atoms with van der Waals surface area (Å²) in [5.41, 5.74) is 9.88. The molecule has 0 amide bonds. The Hall–Kier alpha value is -2.08. The van der Waals surface area contributed by atoms with Crippen molar-refractivity contribution in [3.63, 3.8) is 0 Å². The fourth-order valence-electron chi connectivity index (χ4n) is 2.75. The van der Waals surface area contributed by atoms with E-state index < -0.39 is 0 Å². The van der Waals surface area contributed by atoms with Crippen LogP contribution in [-0.4, -0.2) is 33.6 Å². The molecule has 0 bridgehead atoms. The highest BCUT2D eigenvalue weighted by atomic mass is 16.5. The van der Waals surface area contributed by atoms with E-state index in [2.05, 4.69) is 15.0 Å². The molecule has 0 saturated carbocycles. The third-order valence-corrected chi connectivity index (χ3v) is 4.00. The van der Waals surface area contributed by atoms with Gasteiger partial charge in [0.15, 0.2) is 5.82 Å². The maximum absolute atomic E-state index is 5.79. The van der Waals surface area contributed by atoms with Gasteiger partial charge in [-0.05, 0) is 44.2 Å². The number of rotatable bonds is 3. The molecule has 1 aliphatic rings. The quantitative estimate of drug-likeness (QED) is 0.915. The molecule has 3 rings (SSSR count). The second kappa shape index (κ2) is 5.73. The summed E-state index contributed by atoms with van der Waals surface area (Å²) < 4.78 is 5.13. The van der Waals surface area contributed by atoms with Crippen molar-refractivity contribution in [3.05, 3.63) is 29.3 Å². The molecule has 110 valence electrons. The lowest BCUT2D eigenvalue weighted by molar-refractivity contribution is 0.397. The van der Waals surface area contributed by atoms with Crippen LogP contribution in [0.1, 0.15) is 23.4 Å². The van der Waals surface area contributed by atoms with Crippen molar-refractivity contribution in [2.45, 2.75) is 26.2 Å². The van der Waals surface area contributed by atoms with Crippen LogP contribution in [0.3, 0.4) is 0 Å². The number of methoxy groups -OCH3 is 1. The fourth-order valence-corrected chi connectivity index (χ4v) is 2.75. The Labute approximate surface area is 123 Å². The average Bonchev–Trinajstić information content (AvgIpc) is 2.54. The Bertz CT molecular complexity index is 659. The van der Waals surface area contributed by atoms with Gasteiger partial charge in [-0.1, -0.05) is 0 Å². The molecule has 2 aromatic heterocycles. The zero-order chi connectivity index (χ0) is 14.8. The van der Waals surface area contributed by atoms with E-state index in [4.69, 9.17) is 15.5 Å². The van der Waals surface area contributed by atoms with Crippen molar-refractivity contribution in [1.82, 2.24) is 19.9 Å². The van der Waals surface area contributed by atoms with Crippen LogP contribution in [0.15, 0.2) is 12.4 Å². The lowest BCUT2D eigenvalue weighted by atomic mass is 9.86. The molecule has 1 atom stereocenters. The van der Waals surface area contributed by atoms with Crippen LogP contribution in [0.2, 0.25) is 0 Å². The van der Waals surface area contributed by atoms with Gasteiger partial charge in [-0.3, -0.25) is 0 Å². The predicted molar refractivity (Wildman–Crippen MR) is 78.9 cm³/mol. The lowest BCUT2D eigenvalue weighted by Gasteiger charge is -2.24. The predicted octanol–water partition coefficient (Wildman–Crippen LogP) is 1.31. The first-order chi connectivity index (χ1) is 10.2. The molecule has 2 aromatic rings. The maximum Gasteiger partial charge on any atom is 0.216 e. The molecule has 0 fully saturated rings. The number of hydrogen-bond donors (Lipinski definition) is 1. The smallest absolute Gasteiger partial charge is 0.216 e. The van der Waals surface area contributed by atoms with Gasteiger partial charge in [0, 0.05) is 17.5 Å². The molecular weight excluding hydrogens is 266 g/mol. The zero-order valence-electron chi connectivity index (χ0n) is 12.3. The first-order valence-electron chi connectivity index (χ1n) is 7.14. The minimum atomic E-state index is 0.516. The topological polar surface area (TPSA) is 86.8 Å². The first-order valence-corrected chi connectivity index (χ1v) is 7.14. The molecule has 1 unspecified atom stereocenters. The van der Waals surface area contributed by atoms with E-state index >= 15 is 0 Å².